The van der Waals surface area contributed by atoms with Gasteiger partial charge in [-0.1, -0.05) is 18.7 Å². The number of anilines is 1. The highest BCUT2D eigenvalue weighted by molar-refractivity contribution is 7.08. The molecule has 0 fully saturated rings. The van der Waals surface area contributed by atoms with Gasteiger partial charge in [-0.25, -0.2) is 0 Å². The smallest absolute Gasteiger partial charge is 0.262 e. The molecule has 2 N–H and O–H groups in total. The van der Waals surface area contributed by atoms with E-state index in [0.29, 0.717) is 36.8 Å². The van der Waals surface area contributed by atoms with E-state index in [1.54, 1.807) is 16.2 Å². The minimum atomic E-state index is -0.677. The van der Waals surface area contributed by atoms with E-state index < -0.39 is 5.22 Å². The fourth-order valence-electron chi connectivity index (χ4n) is 4.20. The Bertz CT molecular complexity index is 1210. The Morgan fingerprint density at radius 1 is 1.31 bits per heavy atom. The summed E-state index contributed by atoms with van der Waals surface area (Å²) in [7, 11) is 7.82. The van der Waals surface area contributed by atoms with Gasteiger partial charge < -0.3 is 25.2 Å². The van der Waals surface area contributed by atoms with Gasteiger partial charge >= 0.3 is 0 Å². The minimum absolute atomic E-state index is 0.0848. The summed E-state index contributed by atoms with van der Waals surface area (Å²) >= 11 is 1.63. The van der Waals surface area contributed by atoms with Crippen molar-refractivity contribution < 1.29 is 9.53 Å². The molecule has 36 heavy (non-hydrogen) atoms. The number of nitrogens with zero attached hydrogens (tertiary/aromatic N) is 3. The fraction of sp³-hybridized carbons (Fsp3) is 0.333. The van der Waals surface area contributed by atoms with Gasteiger partial charge in [0.2, 0.25) is 0 Å². The maximum atomic E-state index is 13.8. The topological polar surface area (TPSA) is 69.2 Å². The van der Waals surface area contributed by atoms with Crippen molar-refractivity contribution >= 4 is 39.0 Å². The first kappa shape index (κ1) is 25.9. The maximum absolute atomic E-state index is 13.8. The highest BCUT2D eigenvalue weighted by Crippen LogP contribution is 2.33. The number of likely N-dealkylation sites (N-methyl/N-ethyl adjacent to an activating group) is 1. The summed E-state index contributed by atoms with van der Waals surface area (Å²) in [6, 6.07) is 9.79. The molecule has 0 unspecified atom stereocenters. The second-order valence-corrected chi connectivity index (χ2v) is 10.3. The van der Waals surface area contributed by atoms with Gasteiger partial charge in [0.1, 0.15) is 22.6 Å². The number of hydrogen-bond acceptors (Lipinski definition) is 6. The number of carbonyl (C=O) groups excluding carboxylic acids is 1. The van der Waals surface area contributed by atoms with Gasteiger partial charge in [-0.2, -0.15) is 11.3 Å². The Morgan fingerprint density at radius 2 is 2.14 bits per heavy atom. The highest BCUT2D eigenvalue weighted by Gasteiger charge is 2.31. The van der Waals surface area contributed by atoms with Crippen LogP contribution < -0.4 is 20.3 Å². The van der Waals surface area contributed by atoms with Gasteiger partial charge in [0.05, 0.1) is 15.8 Å². The minimum Gasteiger partial charge on any atom is -0.487 e. The molecule has 1 aromatic carbocycles. The van der Waals surface area contributed by atoms with Crippen molar-refractivity contribution in [3.8, 4) is 5.75 Å². The van der Waals surface area contributed by atoms with E-state index in [9.17, 15) is 4.79 Å². The molecule has 2 aliphatic rings. The van der Waals surface area contributed by atoms with Crippen molar-refractivity contribution in [1.29, 1.82) is 0 Å². The first-order chi connectivity index (χ1) is 17.4. The average molecular weight is 519 g/mol. The molecular weight excluding hydrogens is 486 g/mol. The fourth-order valence-corrected chi connectivity index (χ4v) is 5.42. The Labute approximate surface area is 220 Å². The molecule has 0 spiro atoms. The van der Waals surface area contributed by atoms with Crippen LogP contribution in [0.5, 0.6) is 5.75 Å². The molecule has 7 nitrogen and oxygen atoms in total. The number of hydrogen-bond donors (Lipinski definition) is 2. The van der Waals surface area contributed by atoms with Crippen LogP contribution >= 0.6 is 11.3 Å². The van der Waals surface area contributed by atoms with E-state index in [-0.39, 0.29) is 5.91 Å². The van der Waals surface area contributed by atoms with Gasteiger partial charge in [0.15, 0.2) is 0 Å². The first-order valence-electron chi connectivity index (χ1n) is 12.0. The predicted molar refractivity (Wildman–Crippen MR) is 149 cm³/mol. The second kappa shape index (κ2) is 11.3. The quantitative estimate of drug-likeness (QED) is 0.525. The van der Waals surface area contributed by atoms with Crippen molar-refractivity contribution in [1.82, 2.24) is 15.5 Å². The van der Waals surface area contributed by atoms with Crippen molar-refractivity contribution in [3.63, 3.8) is 0 Å². The predicted octanol–water partition coefficient (Wildman–Crippen LogP) is 3.38. The van der Waals surface area contributed by atoms with Crippen LogP contribution in [0, 0.1) is 0 Å². The van der Waals surface area contributed by atoms with Crippen LogP contribution in [0.1, 0.15) is 18.9 Å². The molecule has 1 atom stereocenters. The average Bonchev–Trinajstić information content (AvgIpc) is 3.33. The van der Waals surface area contributed by atoms with Gasteiger partial charge in [0.25, 0.3) is 5.91 Å². The summed E-state index contributed by atoms with van der Waals surface area (Å²) in [6.45, 7) is 8.67. The third-order valence-electron chi connectivity index (χ3n) is 6.22. The molecule has 0 bridgehead atoms. The van der Waals surface area contributed by atoms with Crippen LogP contribution in [0.3, 0.4) is 0 Å². The van der Waals surface area contributed by atoms with Crippen LogP contribution in [0.15, 0.2) is 81.8 Å². The molecule has 0 aliphatic carbocycles. The number of nitrogens with one attached hydrogen (secondary N) is 2. The zero-order valence-electron chi connectivity index (χ0n) is 21.0. The lowest BCUT2D eigenvalue weighted by atomic mass is 10.1. The molecule has 1 amide bonds. The van der Waals surface area contributed by atoms with Gasteiger partial charge in [-0.15, -0.1) is 0 Å². The van der Waals surface area contributed by atoms with Crippen LogP contribution in [0.2, 0.25) is 0 Å². The van der Waals surface area contributed by atoms with Crippen molar-refractivity contribution in [2.45, 2.75) is 18.6 Å². The number of benzene rings is 1. The number of carbonyl (C=O) groups is 1. The number of thiophene rings is 1. The molecule has 0 saturated carbocycles. The second-order valence-electron chi connectivity index (χ2n) is 8.74. The number of amides is 1. The number of rotatable bonds is 8. The lowest BCUT2D eigenvalue weighted by Gasteiger charge is -2.31. The summed E-state index contributed by atoms with van der Waals surface area (Å²) in [6.07, 6.45) is 4.41. The van der Waals surface area contributed by atoms with E-state index in [0.717, 1.165) is 35.6 Å². The zero-order valence-corrected chi connectivity index (χ0v) is 22.8. The molecule has 0 saturated heterocycles. The molecule has 1 aromatic heterocycles. The molecule has 2 aliphatic heterocycles. The van der Waals surface area contributed by atoms with E-state index in [1.165, 1.54) is 0 Å². The normalized spacial score (nSPS) is 19.1. The third kappa shape index (κ3) is 5.48. The summed E-state index contributed by atoms with van der Waals surface area (Å²) in [5, 5.41) is 10.0. The monoisotopic (exact) mass is 518 g/mol. The summed E-state index contributed by atoms with van der Waals surface area (Å²) < 4.78 is 6.52. The van der Waals surface area contributed by atoms with Gasteiger partial charge in [-0.05, 0) is 62.0 Å². The SMILES string of the molecule is C=C1C=CC2=C(NC1=NCC)N(C)CCN(c1cccc(O[C@]([Si])(CCNC)c3ccsc3)c1)C2=O. The standard InChI is InChI=1S/C27H32N5O2SSi/c1-5-29-24-19(2)9-10-23-25(30-24)31(4)14-15-32(26(23)33)21-7-6-8-22(17-21)34-27(36,12-13-28-3)20-11-16-35-18-20/h6-11,16-18,28H,2,5,12-15H2,1,3-4H3,(H,29,30)/t27-/m0/s1. The Kier molecular flexibility index (Phi) is 8.13. The first-order valence-corrected chi connectivity index (χ1v) is 13.5. The molecule has 187 valence electrons. The van der Waals surface area contributed by atoms with Crippen molar-refractivity contribution in [3.05, 3.63) is 82.4 Å². The lowest BCUT2D eigenvalue weighted by Crippen LogP contribution is -2.37. The van der Waals surface area contributed by atoms with Crippen LogP contribution in [-0.2, 0) is 10.0 Å². The molecule has 4 rings (SSSR count). The molecule has 2 aromatic rings. The van der Waals surface area contributed by atoms with Crippen LogP contribution in [0.25, 0.3) is 0 Å². The molecule has 9 heteroatoms. The largest absolute Gasteiger partial charge is 0.487 e. The summed E-state index contributed by atoms with van der Waals surface area (Å²) in [5.74, 6) is 2.02. The van der Waals surface area contributed by atoms with E-state index in [2.05, 4.69) is 48.8 Å². The van der Waals surface area contributed by atoms with E-state index in [4.69, 9.17) is 4.74 Å². The van der Waals surface area contributed by atoms with Crippen LogP contribution in [0.4, 0.5) is 5.69 Å². The number of aliphatic imine (C=N–C) groups is 1. The Morgan fingerprint density at radius 3 is 2.86 bits per heavy atom. The molecular formula is C27H32N5O2SSi. The van der Waals surface area contributed by atoms with E-state index in [1.807, 2.05) is 62.8 Å². The van der Waals surface area contributed by atoms with Crippen LogP contribution in [-0.4, -0.2) is 67.2 Å². The van der Waals surface area contributed by atoms with Crippen molar-refractivity contribution in [2.75, 3.05) is 45.2 Å². The maximum Gasteiger partial charge on any atom is 0.262 e. The zero-order chi connectivity index (χ0) is 25.7. The molecule has 3 radical (unpaired) electrons. The number of amidine groups is 1. The Balaban J connectivity index is 1.65. The Hall–Kier alpha value is -3.14. The summed E-state index contributed by atoms with van der Waals surface area (Å²) in [5.41, 5.74) is 3.17. The summed E-state index contributed by atoms with van der Waals surface area (Å²) in [4.78, 5) is 22.2. The molecule has 3 heterocycles. The lowest BCUT2D eigenvalue weighted by molar-refractivity contribution is -0.114. The third-order valence-corrected chi connectivity index (χ3v) is 7.54. The van der Waals surface area contributed by atoms with Gasteiger partial charge in [0, 0.05) is 49.6 Å². The van der Waals surface area contributed by atoms with E-state index >= 15 is 0 Å². The highest BCUT2D eigenvalue weighted by atomic mass is 32.1. The number of ether oxygens (including phenoxy) is 1. The van der Waals surface area contributed by atoms with Gasteiger partial charge in [-0.3, -0.25) is 9.79 Å². The van der Waals surface area contributed by atoms with Crippen molar-refractivity contribution in [2.24, 2.45) is 4.99 Å².